The van der Waals surface area contributed by atoms with Crippen molar-refractivity contribution in [3.63, 3.8) is 0 Å². The Balaban J connectivity index is 2.13. The van der Waals surface area contributed by atoms with Crippen molar-refractivity contribution in [1.29, 1.82) is 0 Å². The average molecular weight is 225 g/mol. The molecule has 1 heterocycles. The Morgan fingerprint density at radius 1 is 1.62 bits per heavy atom. The molecule has 16 heavy (non-hydrogen) atoms. The summed E-state index contributed by atoms with van der Waals surface area (Å²) in [6, 6.07) is 1.94. The Morgan fingerprint density at radius 2 is 2.38 bits per heavy atom. The van der Waals surface area contributed by atoms with E-state index in [1.54, 1.807) is 4.68 Å². The third kappa shape index (κ3) is 4.93. The van der Waals surface area contributed by atoms with Crippen LogP contribution in [-0.2, 0) is 23.0 Å². The molecule has 0 saturated carbocycles. The molecule has 5 heteroatoms. The second kappa shape index (κ2) is 6.27. The largest absolute Gasteiger partial charge is 0.369 e. The molecule has 0 atom stereocenters. The minimum absolute atomic E-state index is 0.0790. The van der Waals surface area contributed by atoms with E-state index in [1.807, 2.05) is 33.2 Å². The number of carbonyl (C=O) groups is 1. The lowest BCUT2D eigenvalue weighted by molar-refractivity contribution is -0.127. The molecule has 0 spiro atoms. The molecule has 0 radical (unpaired) electrons. The fraction of sp³-hybridized carbons (Fsp3) is 0.636. The van der Waals surface area contributed by atoms with Crippen molar-refractivity contribution in [1.82, 2.24) is 15.1 Å². The first kappa shape index (κ1) is 12.7. The van der Waals surface area contributed by atoms with Crippen molar-refractivity contribution in [2.45, 2.75) is 26.4 Å². The molecule has 5 nitrogen and oxygen atoms in total. The quantitative estimate of drug-likeness (QED) is 0.767. The van der Waals surface area contributed by atoms with Gasteiger partial charge in [-0.05, 0) is 19.9 Å². The van der Waals surface area contributed by atoms with E-state index >= 15 is 0 Å². The van der Waals surface area contributed by atoms with Crippen LogP contribution in [0.2, 0.25) is 0 Å². The van der Waals surface area contributed by atoms with Crippen molar-refractivity contribution >= 4 is 5.91 Å². The standard InChI is InChI=1S/C11H19N3O2/c1-9(2)16-8-11(15)12-6-4-10-5-7-14(3)13-10/h5,7,9H,4,6,8H2,1-3H3,(H,12,15). The van der Waals surface area contributed by atoms with Crippen LogP contribution in [-0.4, -0.2) is 34.9 Å². The van der Waals surface area contributed by atoms with Crippen LogP contribution in [0.4, 0.5) is 0 Å². The Labute approximate surface area is 95.8 Å². The van der Waals surface area contributed by atoms with Crippen LogP contribution in [0.3, 0.4) is 0 Å². The highest BCUT2D eigenvalue weighted by molar-refractivity contribution is 5.77. The van der Waals surface area contributed by atoms with E-state index in [0.717, 1.165) is 12.1 Å². The molecule has 1 aromatic rings. The highest BCUT2D eigenvalue weighted by atomic mass is 16.5. The molecule has 0 bridgehead atoms. The van der Waals surface area contributed by atoms with E-state index in [2.05, 4.69) is 10.4 Å². The Bertz CT molecular complexity index is 334. The van der Waals surface area contributed by atoms with Crippen LogP contribution in [0.5, 0.6) is 0 Å². The van der Waals surface area contributed by atoms with Crippen LogP contribution < -0.4 is 5.32 Å². The smallest absolute Gasteiger partial charge is 0.246 e. The maximum Gasteiger partial charge on any atom is 0.246 e. The highest BCUT2D eigenvalue weighted by Crippen LogP contribution is 1.94. The third-order valence-corrected chi connectivity index (χ3v) is 2.02. The molecule has 0 fully saturated rings. The molecular formula is C11H19N3O2. The SMILES string of the molecule is CC(C)OCC(=O)NCCc1ccn(C)n1. The number of ether oxygens (including phenoxy) is 1. The molecule has 90 valence electrons. The summed E-state index contributed by atoms with van der Waals surface area (Å²) in [4.78, 5) is 11.3. The van der Waals surface area contributed by atoms with Gasteiger partial charge < -0.3 is 10.1 Å². The Hall–Kier alpha value is -1.36. The van der Waals surface area contributed by atoms with E-state index in [4.69, 9.17) is 4.74 Å². The summed E-state index contributed by atoms with van der Waals surface area (Å²) in [6.07, 6.45) is 2.72. The summed E-state index contributed by atoms with van der Waals surface area (Å²) < 4.78 is 6.93. The monoisotopic (exact) mass is 225 g/mol. The molecular weight excluding hydrogens is 206 g/mol. The summed E-state index contributed by atoms with van der Waals surface area (Å²) in [6.45, 7) is 4.53. The number of aryl methyl sites for hydroxylation is 1. The second-order valence-electron chi connectivity index (χ2n) is 3.94. The van der Waals surface area contributed by atoms with Crippen LogP contribution in [0.15, 0.2) is 12.3 Å². The van der Waals surface area contributed by atoms with Gasteiger partial charge >= 0.3 is 0 Å². The number of hydrogen-bond donors (Lipinski definition) is 1. The van der Waals surface area contributed by atoms with Crippen LogP contribution in [0.25, 0.3) is 0 Å². The molecule has 1 N–H and O–H groups in total. The van der Waals surface area contributed by atoms with Crippen LogP contribution in [0.1, 0.15) is 19.5 Å². The molecule has 0 aliphatic rings. The van der Waals surface area contributed by atoms with Gasteiger partial charge in [-0.15, -0.1) is 0 Å². The molecule has 0 unspecified atom stereocenters. The van der Waals surface area contributed by atoms with Gasteiger partial charge in [0.15, 0.2) is 0 Å². The number of nitrogens with zero attached hydrogens (tertiary/aromatic N) is 2. The Morgan fingerprint density at radius 3 is 2.94 bits per heavy atom. The third-order valence-electron chi connectivity index (χ3n) is 2.02. The van der Waals surface area contributed by atoms with Gasteiger partial charge in [0.2, 0.25) is 5.91 Å². The number of aromatic nitrogens is 2. The molecule has 0 aliphatic heterocycles. The number of carbonyl (C=O) groups excluding carboxylic acids is 1. The predicted octanol–water partition coefficient (Wildman–Crippen LogP) is 0.504. The minimum Gasteiger partial charge on any atom is -0.369 e. The highest BCUT2D eigenvalue weighted by Gasteiger charge is 2.03. The summed E-state index contributed by atoms with van der Waals surface area (Å²) in [5.41, 5.74) is 0.979. The number of nitrogens with one attached hydrogen (secondary N) is 1. The lowest BCUT2D eigenvalue weighted by atomic mass is 10.3. The second-order valence-corrected chi connectivity index (χ2v) is 3.94. The maximum atomic E-state index is 11.3. The van der Waals surface area contributed by atoms with Gasteiger partial charge in [-0.2, -0.15) is 5.10 Å². The van der Waals surface area contributed by atoms with Crippen LogP contribution >= 0.6 is 0 Å². The van der Waals surface area contributed by atoms with Gasteiger partial charge in [-0.3, -0.25) is 9.48 Å². The molecule has 0 aliphatic carbocycles. The van der Waals surface area contributed by atoms with E-state index in [-0.39, 0.29) is 18.6 Å². The first-order valence-corrected chi connectivity index (χ1v) is 5.44. The predicted molar refractivity (Wildman–Crippen MR) is 61.0 cm³/mol. The number of rotatable bonds is 6. The van der Waals surface area contributed by atoms with Crippen molar-refractivity contribution in [3.8, 4) is 0 Å². The normalized spacial score (nSPS) is 10.8. The fourth-order valence-electron chi connectivity index (χ4n) is 1.22. The lowest BCUT2D eigenvalue weighted by Gasteiger charge is -2.07. The van der Waals surface area contributed by atoms with Crippen LogP contribution in [0, 0.1) is 0 Å². The van der Waals surface area contributed by atoms with Gasteiger partial charge in [0.05, 0.1) is 11.8 Å². The fourth-order valence-corrected chi connectivity index (χ4v) is 1.22. The van der Waals surface area contributed by atoms with E-state index in [9.17, 15) is 4.79 Å². The Kier molecular flexibility index (Phi) is 4.98. The van der Waals surface area contributed by atoms with E-state index in [1.165, 1.54) is 0 Å². The van der Waals surface area contributed by atoms with E-state index in [0.29, 0.717) is 6.54 Å². The molecule has 1 aromatic heterocycles. The lowest BCUT2D eigenvalue weighted by Crippen LogP contribution is -2.30. The zero-order valence-electron chi connectivity index (χ0n) is 10.1. The van der Waals surface area contributed by atoms with Gasteiger partial charge in [-0.25, -0.2) is 0 Å². The molecule has 0 saturated heterocycles. The minimum atomic E-state index is -0.0790. The molecule has 0 aromatic carbocycles. The van der Waals surface area contributed by atoms with Gasteiger partial charge in [0, 0.05) is 26.2 Å². The average Bonchev–Trinajstić information content (AvgIpc) is 2.61. The number of amides is 1. The van der Waals surface area contributed by atoms with Gasteiger partial charge in [0.25, 0.3) is 0 Å². The maximum absolute atomic E-state index is 11.3. The zero-order valence-corrected chi connectivity index (χ0v) is 10.1. The summed E-state index contributed by atoms with van der Waals surface area (Å²) >= 11 is 0. The number of hydrogen-bond acceptors (Lipinski definition) is 3. The summed E-state index contributed by atoms with van der Waals surface area (Å²) in [5.74, 6) is -0.0790. The van der Waals surface area contributed by atoms with E-state index < -0.39 is 0 Å². The topological polar surface area (TPSA) is 56.1 Å². The van der Waals surface area contributed by atoms with Gasteiger partial charge in [-0.1, -0.05) is 0 Å². The van der Waals surface area contributed by atoms with Crippen molar-refractivity contribution in [3.05, 3.63) is 18.0 Å². The first-order valence-electron chi connectivity index (χ1n) is 5.44. The van der Waals surface area contributed by atoms with Gasteiger partial charge in [0.1, 0.15) is 6.61 Å². The molecule has 1 amide bonds. The summed E-state index contributed by atoms with van der Waals surface area (Å²) in [7, 11) is 1.87. The zero-order chi connectivity index (χ0) is 12.0. The first-order chi connectivity index (χ1) is 7.58. The van der Waals surface area contributed by atoms with Crippen molar-refractivity contribution in [2.24, 2.45) is 7.05 Å². The summed E-state index contributed by atoms with van der Waals surface area (Å²) in [5, 5.41) is 7.00. The van der Waals surface area contributed by atoms with Crippen molar-refractivity contribution < 1.29 is 9.53 Å². The van der Waals surface area contributed by atoms with Crippen molar-refractivity contribution in [2.75, 3.05) is 13.2 Å². The molecule has 1 rings (SSSR count).